The number of benzene rings is 1. The second-order valence-corrected chi connectivity index (χ2v) is 6.63. The molecule has 1 aromatic carbocycles. The number of fused-ring (bicyclic) bond motifs is 1. The van der Waals surface area contributed by atoms with E-state index in [1.165, 1.54) is 11.1 Å². The Kier molecular flexibility index (Phi) is 9.93. The summed E-state index contributed by atoms with van der Waals surface area (Å²) in [6.45, 7) is 7.58. The van der Waals surface area contributed by atoms with Crippen LogP contribution in [0.15, 0.2) is 59.9 Å². The first-order valence-corrected chi connectivity index (χ1v) is 9.83. The van der Waals surface area contributed by atoms with Gasteiger partial charge in [-0.25, -0.2) is 4.98 Å². The van der Waals surface area contributed by atoms with E-state index in [4.69, 9.17) is 9.72 Å². The second kappa shape index (κ2) is 12.4. The van der Waals surface area contributed by atoms with Gasteiger partial charge in [0, 0.05) is 31.9 Å². The van der Waals surface area contributed by atoms with Gasteiger partial charge in [-0.3, -0.25) is 4.99 Å². The molecule has 7 heteroatoms. The monoisotopic (exact) mass is 507 g/mol. The molecule has 0 amide bonds. The van der Waals surface area contributed by atoms with Crippen LogP contribution < -0.4 is 10.6 Å². The average molecular weight is 507 g/mol. The molecule has 0 saturated heterocycles. The summed E-state index contributed by atoms with van der Waals surface area (Å²) in [5, 5.41) is 6.64. The van der Waals surface area contributed by atoms with Gasteiger partial charge in [0.15, 0.2) is 5.96 Å². The summed E-state index contributed by atoms with van der Waals surface area (Å²) in [7, 11) is 0. The van der Waals surface area contributed by atoms with Crippen LogP contribution in [-0.2, 0) is 17.8 Å². The van der Waals surface area contributed by atoms with Crippen molar-refractivity contribution in [2.24, 2.45) is 4.99 Å². The average Bonchev–Trinajstić information content (AvgIpc) is 3.13. The number of nitrogens with zero attached hydrogens (tertiary/aromatic N) is 3. The van der Waals surface area contributed by atoms with E-state index >= 15 is 0 Å². The molecular formula is C22H30IN5O. The third kappa shape index (κ3) is 7.32. The molecule has 0 atom stereocenters. The van der Waals surface area contributed by atoms with Crippen LogP contribution in [0.4, 0.5) is 0 Å². The summed E-state index contributed by atoms with van der Waals surface area (Å²) in [6, 6.07) is 14.3. The molecule has 6 nitrogen and oxygen atoms in total. The maximum Gasteiger partial charge on any atom is 0.191 e. The molecule has 0 fully saturated rings. The quantitative estimate of drug-likeness (QED) is 0.201. The van der Waals surface area contributed by atoms with Crippen molar-refractivity contribution in [1.82, 2.24) is 20.0 Å². The van der Waals surface area contributed by atoms with Crippen molar-refractivity contribution < 1.29 is 4.74 Å². The van der Waals surface area contributed by atoms with Crippen LogP contribution >= 0.6 is 24.0 Å². The van der Waals surface area contributed by atoms with Gasteiger partial charge in [0.05, 0.1) is 25.5 Å². The van der Waals surface area contributed by atoms with Gasteiger partial charge in [-0.2, -0.15) is 0 Å². The summed E-state index contributed by atoms with van der Waals surface area (Å²) >= 11 is 0. The molecule has 3 aromatic rings. The van der Waals surface area contributed by atoms with Crippen molar-refractivity contribution in [2.75, 3.05) is 26.2 Å². The van der Waals surface area contributed by atoms with Crippen LogP contribution in [0.5, 0.6) is 0 Å². The molecule has 0 aliphatic carbocycles. The van der Waals surface area contributed by atoms with Crippen LogP contribution in [0, 0.1) is 6.92 Å². The molecule has 0 bridgehead atoms. The molecule has 2 heterocycles. The minimum absolute atomic E-state index is 0. The van der Waals surface area contributed by atoms with Crippen molar-refractivity contribution in [2.45, 2.75) is 26.9 Å². The number of pyridine rings is 1. The fraction of sp³-hybridized carbons (Fsp3) is 0.364. The predicted molar refractivity (Wildman–Crippen MR) is 129 cm³/mol. The van der Waals surface area contributed by atoms with Crippen LogP contribution in [0.3, 0.4) is 0 Å². The lowest BCUT2D eigenvalue weighted by Crippen LogP contribution is -2.38. The topological polar surface area (TPSA) is 63.0 Å². The van der Waals surface area contributed by atoms with E-state index in [1.807, 2.05) is 30.5 Å². The number of hydrogen-bond acceptors (Lipinski definition) is 3. The molecule has 0 spiro atoms. The maximum absolute atomic E-state index is 5.69. The van der Waals surface area contributed by atoms with Crippen molar-refractivity contribution >= 4 is 35.6 Å². The highest BCUT2D eigenvalue weighted by Gasteiger charge is 2.04. The molecule has 3 rings (SSSR count). The summed E-state index contributed by atoms with van der Waals surface area (Å²) in [5.41, 5.74) is 4.46. The summed E-state index contributed by atoms with van der Waals surface area (Å²) in [4.78, 5) is 9.29. The summed E-state index contributed by atoms with van der Waals surface area (Å²) in [6.07, 6.45) is 4.97. The largest absolute Gasteiger partial charge is 0.375 e. The number of guanidine groups is 1. The Morgan fingerprint density at radius 3 is 2.72 bits per heavy atom. The van der Waals surface area contributed by atoms with Gasteiger partial charge in [0.1, 0.15) is 5.65 Å². The molecule has 2 aromatic heterocycles. The van der Waals surface area contributed by atoms with Gasteiger partial charge < -0.3 is 19.8 Å². The Labute approximate surface area is 189 Å². The first-order valence-electron chi connectivity index (χ1n) is 9.83. The molecule has 2 N–H and O–H groups in total. The Morgan fingerprint density at radius 2 is 1.97 bits per heavy atom. The Hall–Kier alpha value is -2.13. The normalized spacial score (nSPS) is 11.3. The zero-order chi connectivity index (χ0) is 19.6. The number of aromatic nitrogens is 2. The van der Waals surface area contributed by atoms with E-state index < -0.39 is 0 Å². The van der Waals surface area contributed by atoms with Gasteiger partial charge in [-0.15, -0.1) is 24.0 Å². The zero-order valence-electron chi connectivity index (χ0n) is 17.1. The number of ether oxygens (including phenoxy) is 1. The third-order valence-corrected chi connectivity index (χ3v) is 4.36. The van der Waals surface area contributed by atoms with E-state index in [9.17, 15) is 0 Å². The Bertz CT molecular complexity index is 895. The Morgan fingerprint density at radius 1 is 1.14 bits per heavy atom. The van der Waals surface area contributed by atoms with E-state index in [0.717, 1.165) is 36.8 Å². The first-order chi connectivity index (χ1) is 13.8. The lowest BCUT2D eigenvalue weighted by atomic mass is 10.2. The SMILES string of the molecule is CCNC(=NCCOCc1ccccc1)NCCc1cn2cccc(C)c2n1.I. The van der Waals surface area contributed by atoms with E-state index in [1.54, 1.807) is 0 Å². The first kappa shape index (κ1) is 23.2. The number of aryl methyl sites for hydroxylation is 1. The minimum atomic E-state index is 0. The lowest BCUT2D eigenvalue weighted by Gasteiger charge is -2.10. The van der Waals surface area contributed by atoms with E-state index in [-0.39, 0.29) is 24.0 Å². The van der Waals surface area contributed by atoms with Crippen molar-refractivity contribution in [1.29, 1.82) is 0 Å². The second-order valence-electron chi connectivity index (χ2n) is 6.63. The molecule has 156 valence electrons. The molecule has 0 aliphatic heterocycles. The van der Waals surface area contributed by atoms with Crippen LogP contribution in [0.1, 0.15) is 23.7 Å². The standard InChI is InChI=1S/C22H29N5O.HI/c1-3-23-22(25-13-15-28-17-19-9-5-4-6-10-19)24-12-11-20-16-27-14-7-8-18(2)21(27)26-20;/h4-10,14,16H,3,11-13,15,17H2,1-2H3,(H2,23,24,25);1H. The lowest BCUT2D eigenvalue weighted by molar-refractivity contribution is 0.128. The number of aliphatic imine (C=N–C) groups is 1. The fourth-order valence-electron chi connectivity index (χ4n) is 2.96. The van der Waals surface area contributed by atoms with E-state index in [0.29, 0.717) is 19.8 Å². The molecule has 0 aliphatic rings. The highest BCUT2D eigenvalue weighted by Crippen LogP contribution is 2.10. The van der Waals surface area contributed by atoms with Gasteiger partial charge in [-0.05, 0) is 31.0 Å². The van der Waals surface area contributed by atoms with Crippen molar-refractivity contribution in [3.63, 3.8) is 0 Å². The van der Waals surface area contributed by atoms with Gasteiger partial charge in [-0.1, -0.05) is 36.4 Å². The maximum atomic E-state index is 5.69. The molecular weight excluding hydrogens is 477 g/mol. The third-order valence-electron chi connectivity index (χ3n) is 4.36. The van der Waals surface area contributed by atoms with Gasteiger partial charge in [0.25, 0.3) is 0 Å². The molecule has 29 heavy (non-hydrogen) atoms. The summed E-state index contributed by atoms with van der Waals surface area (Å²) in [5.74, 6) is 0.811. The smallest absolute Gasteiger partial charge is 0.191 e. The number of halogens is 1. The number of hydrogen-bond donors (Lipinski definition) is 2. The number of imidazole rings is 1. The minimum Gasteiger partial charge on any atom is -0.375 e. The van der Waals surface area contributed by atoms with E-state index in [2.05, 4.69) is 58.3 Å². The van der Waals surface area contributed by atoms with Crippen LogP contribution in [-0.4, -0.2) is 41.6 Å². The molecule has 0 saturated carbocycles. The van der Waals surface area contributed by atoms with Gasteiger partial charge in [0.2, 0.25) is 0 Å². The van der Waals surface area contributed by atoms with Crippen molar-refractivity contribution in [3.8, 4) is 0 Å². The highest BCUT2D eigenvalue weighted by atomic mass is 127. The van der Waals surface area contributed by atoms with Crippen LogP contribution in [0.25, 0.3) is 5.65 Å². The van der Waals surface area contributed by atoms with Crippen molar-refractivity contribution in [3.05, 3.63) is 71.7 Å². The zero-order valence-corrected chi connectivity index (χ0v) is 19.4. The number of nitrogens with one attached hydrogen (secondary N) is 2. The predicted octanol–water partition coefficient (Wildman–Crippen LogP) is 3.58. The molecule has 0 unspecified atom stereocenters. The molecule has 0 radical (unpaired) electrons. The fourth-order valence-corrected chi connectivity index (χ4v) is 2.96. The van der Waals surface area contributed by atoms with Gasteiger partial charge >= 0.3 is 0 Å². The summed E-state index contributed by atoms with van der Waals surface area (Å²) < 4.78 is 7.77. The highest BCUT2D eigenvalue weighted by molar-refractivity contribution is 14.0. The van der Waals surface area contributed by atoms with Crippen LogP contribution in [0.2, 0.25) is 0 Å². The Balaban J connectivity index is 0.00000300. The number of rotatable bonds is 9.